The summed E-state index contributed by atoms with van der Waals surface area (Å²) in [5, 5.41) is 3.52. The fourth-order valence-corrected chi connectivity index (χ4v) is 3.01. The lowest BCUT2D eigenvalue weighted by Crippen LogP contribution is -2.57. The van der Waals surface area contributed by atoms with Crippen LogP contribution in [0.5, 0.6) is 0 Å². The van der Waals surface area contributed by atoms with Gasteiger partial charge in [0.25, 0.3) is 0 Å². The second-order valence-corrected chi connectivity index (χ2v) is 6.20. The van der Waals surface area contributed by atoms with Gasteiger partial charge in [0.1, 0.15) is 0 Å². The van der Waals surface area contributed by atoms with Crippen LogP contribution in [0.1, 0.15) is 59.3 Å². The minimum absolute atomic E-state index is 0.219. The van der Waals surface area contributed by atoms with Gasteiger partial charge in [-0.3, -0.25) is 4.90 Å². The molecule has 0 aromatic heterocycles. The molecule has 2 nitrogen and oxygen atoms in total. The van der Waals surface area contributed by atoms with Crippen LogP contribution >= 0.6 is 0 Å². The zero-order valence-corrected chi connectivity index (χ0v) is 12.9. The van der Waals surface area contributed by atoms with Crippen LogP contribution in [0.4, 0.5) is 0 Å². The Bertz CT molecular complexity index is 250. The molecule has 0 radical (unpaired) electrons. The summed E-state index contributed by atoms with van der Waals surface area (Å²) in [7, 11) is 2.09. The third-order valence-electron chi connectivity index (χ3n) is 4.62. The standard InChI is InChI=1S/C16H32N2/c1-6-14(2)13-15(17-5)16(3,4)18-11-9-7-8-10-12-18/h15,17H,2,6-13H2,1,3-5H3. The maximum absolute atomic E-state index is 4.18. The average molecular weight is 252 g/mol. The number of hydrogen-bond acceptors (Lipinski definition) is 2. The van der Waals surface area contributed by atoms with Crippen molar-refractivity contribution in [1.29, 1.82) is 0 Å². The summed E-state index contributed by atoms with van der Waals surface area (Å²) >= 11 is 0. The van der Waals surface area contributed by atoms with Crippen molar-refractivity contribution in [2.45, 2.75) is 70.9 Å². The van der Waals surface area contributed by atoms with Crippen LogP contribution in [0.25, 0.3) is 0 Å². The highest BCUT2D eigenvalue weighted by atomic mass is 15.2. The van der Waals surface area contributed by atoms with Gasteiger partial charge in [-0.15, -0.1) is 0 Å². The van der Waals surface area contributed by atoms with Crippen LogP contribution in [-0.4, -0.2) is 36.6 Å². The highest BCUT2D eigenvalue weighted by Gasteiger charge is 2.34. The minimum atomic E-state index is 0.219. The first-order chi connectivity index (χ1) is 8.52. The Labute approximate surface area is 114 Å². The van der Waals surface area contributed by atoms with Crippen molar-refractivity contribution in [3.63, 3.8) is 0 Å². The van der Waals surface area contributed by atoms with Crippen LogP contribution in [-0.2, 0) is 0 Å². The van der Waals surface area contributed by atoms with Crippen LogP contribution in [0.15, 0.2) is 12.2 Å². The molecular formula is C16H32N2. The van der Waals surface area contributed by atoms with E-state index in [2.05, 4.69) is 44.6 Å². The molecule has 18 heavy (non-hydrogen) atoms. The Morgan fingerprint density at radius 3 is 2.22 bits per heavy atom. The van der Waals surface area contributed by atoms with Gasteiger partial charge in [-0.1, -0.05) is 31.9 Å². The zero-order valence-electron chi connectivity index (χ0n) is 12.9. The van der Waals surface area contributed by atoms with Gasteiger partial charge in [-0.2, -0.15) is 0 Å². The van der Waals surface area contributed by atoms with E-state index in [0.29, 0.717) is 6.04 Å². The number of likely N-dealkylation sites (tertiary alicyclic amines) is 1. The summed E-state index contributed by atoms with van der Waals surface area (Å²) in [6, 6.07) is 0.503. The molecule has 1 N–H and O–H groups in total. The second-order valence-electron chi connectivity index (χ2n) is 6.20. The summed E-state index contributed by atoms with van der Waals surface area (Å²) in [5.41, 5.74) is 1.58. The Morgan fingerprint density at radius 2 is 1.78 bits per heavy atom. The van der Waals surface area contributed by atoms with E-state index in [4.69, 9.17) is 0 Å². The molecule has 1 aliphatic heterocycles. The molecular weight excluding hydrogens is 220 g/mol. The maximum Gasteiger partial charge on any atom is 0.0309 e. The van der Waals surface area contributed by atoms with Crippen molar-refractivity contribution >= 4 is 0 Å². The van der Waals surface area contributed by atoms with Gasteiger partial charge >= 0.3 is 0 Å². The van der Waals surface area contributed by atoms with E-state index in [0.717, 1.165) is 12.8 Å². The summed E-state index contributed by atoms with van der Waals surface area (Å²) < 4.78 is 0. The first-order valence-electron chi connectivity index (χ1n) is 7.61. The molecule has 1 atom stereocenters. The molecule has 1 aliphatic rings. The summed E-state index contributed by atoms with van der Waals surface area (Å²) in [6.45, 7) is 13.7. The second kappa shape index (κ2) is 7.30. The molecule has 0 aromatic rings. The van der Waals surface area contributed by atoms with E-state index in [1.165, 1.54) is 44.3 Å². The van der Waals surface area contributed by atoms with Crippen molar-refractivity contribution in [3.8, 4) is 0 Å². The van der Waals surface area contributed by atoms with E-state index < -0.39 is 0 Å². The maximum atomic E-state index is 4.18. The summed E-state index contributed by atoms with van der Waals surface area (Å²) in [5.74, 6) is 0. The SMILES string of the molecule is C=C(CC)CC(NC)C(C)(C)N1CCCCCC1. The number of nitrogens with zero attached hydrogens (tertiary/aromatic N) is 1. The molecule has 1 rings (SSSR count). The first-order valence-corrected chi connectivity index (χ1v) is 7.61. The number of likely N-dealkylation sites (N-methyl/N-ethyl adjacent to an activating group) is 1. The van der Waals surface area contributed by atoms with Crippen molar-refractivity contribution < 1.29 is 0 Å². The average Bonchev–Trinajstić information content (AvgIpc) is 2.64. The molecule has 2 heteroatoms. The largest absolute Gasteiger partial charge is 0.315 e. The molecule has 1 fully saturated rings. The predicted octanol–water partition coefficient (Wildman–Crippen LogP) is 3.59. The molecule has 0 saturated carbocycles. The number of hydrogen-bond donors (Lipinski definition) is 1. The van der Waals surface area contributed by atoms with Crippen LogP contribution in [0.3, 0.4) is 0 Å². The Morgan fingerprint density at radius 1 is 1.22 bits per heavy atom. The normalized spacial score (nSPS) is 20.4. The van der Waals surface area contributed by atoms with Crippen molar-refractivity contribution in [3.05, 3.63) is 12.2 Å². The topological polar surface area (TPSA) is 15.3 Å². The van der Waals surface area contributed by atoms with Crippen LogP contribution in [0, 0.1) is 0 Å². The van der Waals surface area contributed by atoms with Gasteiger partial charge in [0.15, 0.2) is 0 Å². The highest BCUT2D eigenvalue weighted by Crippen LogP contribution is 2.26. The number of nitrogens with one attached hydrogen (secondary N) is 1. The molecule has 0 amide bonds. The zero-order chi connectivity index (χ0) is 13.6. The van der Waals surface area contributed by atoms with Gasteiger partial charge < -0.3 is 5.32 Å². The van der Waals surface area contributed by atoms with Crippen LogP contribution < -0.4 is 5.32 Å². The molecule has 1 heterocycles. The molecule has 1 saturated heterocycles. The van der Waals surface area contributed by atoms with Crippen molar-refractivity contribution in [1.82, 2.24) is 10.2 Å². The van der Waals surface area contributed by atoms with Gasteiger partial charge in [0.2, 0.25) is 0 Å². The third kappa shape index (κ3) is 4.10. The van der Waals surface area contributed by atoms with Gasteiger partial charge in [-0.05, 0) is 59.7 Å². The van der Waals surface area contributed by atoms with Gasteiger partial charge in [0.05, 0.1) is 0 Å². The molecule has 1 unspecified atom stereocenters. The van der Waals surface area contributed by atoms with E-state index in [1.807, 2.05) is 0 Å². The van der Waals surface area contributed by atoms with E-state index >= 15 is 0 Å². The van der Waals surface area contributed by atoms with Crippen molar-refractivity contribution in [2.24, 2.45) is 0 Å². The lowest BCUT2D eigenvalue weighted by molar-refractivity contribution is 0.0862. The summed E-state index contributed by atoms with van der Waals surface area (Å²) in [4.78, 5) is 2.68. The Hall–Kier alpha value is -0.340. The summed E-state index contributed by atoms with van der Waals surface area (Å²) in [6.07, 6.45) is 7.70. The monoisotopic (exact) mass is 252 g/mol. The van der Waals surface area contributed by atoms with Gasteiger partial charge in [-0.25, -0.2) is 0 Å². The smallest absolute Gasteiger partial charge is 0.0309 e. The first kappa shape index (κ1) is 15.7. The molecule has 0 aliphatic carbocycles. The lowest BCUT2D eigenvalue weighted by atomic mass is 9.87. The fourth-order valence-electron chi connectivity index (χ4n) is 3.01. The molecule has 0 aromatic carbocycles. The quantitative estimate of drug-likeness (QED) is 0.727. The minimum Gasteiger partial charge on any atom is -0.315 e. The van der Waals surface area contributed by atoms with Gasteiger partial charge in [0, 0.05) is 11.6 Å². The van der Waals surface area contributed by atoms with Crippen molar-refractivity contribution in [2.75, 3.05) is 20.1 Å². The Balaban J connectivity index is 2.69. The molecule has 0 spiro atoms. The molecule has 0 bridgehead atoms. The lowest BCUT2D eigenvalue weighted by Gasteiger charge is -2.44. The van der Waals surface area contributed by atoms with E-state index in [1.54, 1.807) is 0 Å². The van der Waals surface area contributed by atoms with Crippen LogP contribution in [0.2, 0.25) is 0 Å². The third-order valence-corrected chi connectivity index (χ3v) is 4.62. The Kier molecular flexibility index (Phi) is 6.37. The predicted molar refractivity (Wildman–Crippen MR) is 81.0 cm³/mol. The highest BCUT2D eigenvalue weighted by molar-refractivity contribution is 5.04. The van der Waals surface area contributed by atoms with E-state index in [-0.39, 0.29) is 5.54 Å². The fraction of sp³-hybridized carbons (Fsp3) is 0.875. The van der Waals surface area contributed by atoms with E-state index in [9.17, 15) is 0 Å². The molecule has 106 valence electrons. The number of rotatable bonds is 6.